The van der Waals surface area contributed by atoms with Gasteiger partial charge in [0.1, 0.15) is 0 Å². The summed E-state index contributed by atoms with van der Waals surface area (Å²) in [5.41, 5.74) is 2.45. The summed E-state index contributed by atoms with van der Waals surface area (Å²) in [5, 5.41) is 4.17. The maximum atomic E-state index is 12.2. The van der Waals surface area contributed by atoms with Crippen molar-refractivity contribution < 1.29 is 4.79 Å². The van der Waals surface area contributed by atoms with Gasteiger partial charge in [0.05, 0.1) is 10.2 Å². The number of fused-ring (bicyclic) bond motifs is 1. The molecule has 24 heavy (non-hydrogen) atoms. The summed E-state index contributed by atoms with van der Waals surface area (Å²) < 4.78 is 1.27. The molecule has 5 heteroatoms. The molecule has 1 aromatic carbocycles. The van der Waals surface area contributed by atoms with E-state index in [4.69, 9.17) is 4.98 Å². The Balaban J connectivity index is 1.59. The van der Waals surface area contributed by atoms with Gasteiger partial charge in [-0.1, -0.05) is 37.7 Å². The van der Waals surface area contributed by atoms with Crippen molar-refractivity contribution in [3.63, 3.8) is 0 Å². The van der Waals surface area contributed by atoms with Crippen molar-refractivity contribution in [3.05, 3.63) is 23.8 Å². The van der Waals surface area contributed by atoms with E-state index < -0.39 is 0 Å². The molecule has 1 saturated heterocycles. The fourth-order valence-electron chi connectivity index (χ4n) is 3.18. The number of aryl methyl sites for hydroxylation is 1. The molecule has 2 heterocycles. The molecule has 1 aliphatic rings. The van der Waals surface area contributed by atoms with Gasteiger partial charge in [0.2, 0.25) is 5.91 Å². The summed E-state index contributed by atoms with van der Waals surface area (Å²) in [7, 11) is 0. The Morgan fingerprint density at radius 2 is 2.12 bits per heavy atom. The van der Waals surface area contributed by atoms with E-state index in [1.165, 1.54) is 10.3 Å². The number of unbranched alkanes of at least 4 members (excludes halogenated alkanes) is 1. The maximum Gasteiger partial charge on any atom is 0.223 e. The number of thiazole rings is 1. The van der Waals surface area contributed by atoms with Gasteiger partial charge in [-0.05, 0) is 43.4 Å². The molecular weight excluding hydrogens is 318 g/mol. The zero-order valence-corrected chi connectivity index (χ0v) is 15.5. The number of carbonyl (C=O) groups excluding carboxylic acids is 1. The SMILES string of the molecule is CCCCNC(=O)C1CCN(c2nc3ccc(CC)cc3s2)CC1. The van der Waals surface area contributed by atoms with E-state index in [9.17, 15) is 4.79 Å². The summed E-state index contributed by atoms with van der Waals surface area (Å²) in [4.78, 5) is 19.3. The Morgan fingerprint density at radius 3 is 2.83 bits per heavy atom. The molecule has 0 aliphatic carbocycles. The first-order valence-electron chi connectivity index (χ1n) is 9.13. The van der Waals surface area contributed by atoms with Crippen molar-refractivity contribution in [2.45, 2.75) is 46.0 Å². The van der Waals surface area contributed by atoms with Gasteiger partial charge < -0.3 is 10.2 Å². The molecule has 4 nitrogen and oxygen atoms in total. The molecule has 0 unspecified atom stereocenters. The summed E-state index contributed by atoms with van der Waals surface area (Å²) in [6.07, 6.45) is 5.09. The molecule has 1 aromatic heterocycles. The molecule has 1 fully saturated rings. The van der Waals surface area contributed by atoms with Gasteiger partial charge >= 0.3 is 0 Å². The van der Waals surface area contributed by atoms with Crippen LogP contribution in [0.5, 0.6) is 0 Å². The van der Waals surface area contributed by atoms with Crippen molar-refractivity contribution in [2.75, 3.05) is 24.5 Å². The molecular formula is C19H27N3OS. The van der Waals surface area contributed by atoms with Crippen LogP contribution in [-0.2, 0) is 11.2 Å². The Bertz CT molecular complexity index is 689. The smallest absolute Gasteiger partial charge is 0.223 e. The number of piperidine rings is 1. The molecule has 0 radical (unpaired) electrons. The molecule has 0 atom stereocenters. The van der Waals surface area contributed by atoms with Gasteiger partial charge in [0.25, 0.3) is 0 Å². The van der Waals surface area contributed by atoms with Crippen LogP contribution in [0.25, 0.3) is 10.2 Å². The highest BCUT2D eigenvalue weighted by atomic mass is 32.1. The lowest BCUT2D eigenvalue weighted by atomic mass is 9.96. The standard InChI is InChI=1S/C19H27N3OS/c1-3-5-10-20-18(23)15-8-11-22(12-9-15)19-21-16-7-6-14(4-2)13-17(16)24-19/h6-7,13,15H,3-5,8-12H2,1-2H3,(H,20,23). The predicted octanol–water partition coefficient (Wildman–Crippen LogP) is 3.99. The summed E-state index contributed by atoms with van der Waals surface area (Å²) in [5.74, 6) is 0.402. The van der Waals surface area contributed by atoms with Gasteiger partial charge in [-0.3, -0.25) is 4.79 Å². The van der Waals surface area contributed by atoms with Gasteiger partial charge in [0.15, 0.2) is 5.13 Å². The number of amides is 1. The van der Waals surface area contributed by atoms with E-state index in [2.05, 4.69) is 42.3 Å². The molecule has 130 valence electrons. The van der Waals surface area contributed by atoms with Crippen molar-refractivity contribution in [2.24, 2.45) is 5.92 Å². The highest BCUT2D eigenvalue weighted by Gasteiger charge is 2.26. The Morgan fingerprint density at radius 1 is 1.33 bits per heavy atom. The number of anilines is 1. The number of aromatic nitrogens is 1. The first-order valence-corrected chi connectivity index (χ1v) is 9.95. The summed E-state index contributed by atoms with van der Waals surface area (Å²) >= 11 is 1.77. The van der Waals surface area contributed by atoms with Crippen LogP contribution in [-0.4, -0.2) is 30.5 Å². The number of nitrogens with zero attached hydrogens (tertiary/aromatic N) is 2. The van der Waals surface area contributed by atoms with Gasteiger partial charge in [0, 0.05) is 25.6 Å². The monoisotopic (exact) mass is 345 g/mol. The van der Waals surface area contributed by atoms with Crippen LogP contribution in [0.15, 0.2) is 18.2 Å². The number of carbonyl (C=O) groups is 1. The van der Waals surface area contributed by atoms with Crippen molar-refractivity contribution in [1.82, 2.24) is 10.3 Å². The first-order chi connectivity index (χ1) is 11.7. The minimum Gasteiger partial charge on any atom is -0.356 e. The number of nitrogens with one attached hydrogen (secondary N) is 1. The number of rotatable bonds is 6. The number of benzene rings is 1. The van der Waals surface area contributed by atoms with Crippen LogP contribution in [0.3, 0.4) is 0 Å². The second-order valence-electron chi connectivity index (χ2n) is 6.56. The van der Waals surface area contributed by atoms with Crippen molar-refractivity contribution in [1.29, 1.82) is 0 Å². The Kier molecular flexibility index (Phi) is 5.72. The molecule has 1 amide bonds. The molecule has 0 spiro atoms. The maximum absolute atomic E-state index is 12.2. The van der Waals surface area contributed by atoms with E-state index >= 15 is 0 Å². The van der Waals surface area contributed by atoms with Crippen LogP contribution >= 0.6 is 11.3 Å². The van der Waals surface area contributed by atoms with Crippen LogP contribution in [0.1, 0.15) is 45.1 Å². The fraction of sp³-hybridized carbons (Fsp3) is 0.579. The fourth-order valence-corrected chi connectivity index (χ4v) is 4.26. The molecule has 0 saturated carbocycles. The van der Waals surface area contributed by atoms with Crippen LogP contribution in [0.2, 0.25) is 0 Å². The zero-order chi connectivity index (χ0) is 16.9. The van der Waals surface area contributed by atoms with Crippen LogP contribution < -0.4 is 10.2 Å². The average Bonchev–Trinajstić information content (AvgIpc) is 3.05. The third kappa shape index (κ3) is 3.89. The van der Waals surface area contributed by atoms with E-state index in [-0.39, 0.29) is 11.8 Å². The highest BCUT2D eigenvalue weighted by molar-refractivity contribution is 7.22. The lowest BCUT2D eigenvalue weighted by molar-refractivity contribution is -0.125. The quantitative estimate of drug-likeness (QED) is 0.805. The normalized spacial score (nSPS) is 15.8. The second kappa shape index (κ2) is 7.97. The largest absolute Gasteiger partial charge is 0.356 e. The number of hydrogen-bond acceptors (Lipinski definition) is 4. The lowest BCUT2D eigenvalue weighted by Crippen LogP contribution is -2.40. The predicted molar refractivity (Wildman–Crippen MR) is 102 cm³/mol. The van der Waals surface area contributed by atoms with Crippen molar-refractivity contribution >= 4 is 32.6 Å². The van der Waals surface area contributed by atoms with Crippen molar-refractivity contribution in [3.8, 4) is 0 Å². The summed E-state index contributed by atoms with van der Waals surface area (Å²) in [6, 6.07) is 6.55. The van der Waals surface area contributed by atoms with E-state index in [1.54, 1.807) is 11.3 Å². The molecule has 2 aromatic rings. The minimum absolute atomic E-state index is 0.166. The minimum atomic E-state index is 0.166. The first kappa shape index (κ1) is 17.2. The molecule has 0 bridgehead atoms. The van der Waals surface area contributed by atoms with E-state index in [1.807, 2.05) is 0 Å². The Labute approximate surface area is 148 Å². The third-order valence-electron chi connectivity index (χ3n) is 4.82. The lowest BCUT2D eigenvalue weighted by Gasteiger charge is -2.31. The van der Waals surface area contributed by atoms with Crippen LogP contribution in [0.4, 0.5) is 5.13 Å². The third-order valence-corrected chi connectivity index (χ3v) is 5.89. The zero-order valence-electron chi connectivity index (χ0n) is 14.7. The second-order valence-corrected chi connectivity index (χ2v) is 7.57. The Hall–Kier alpha value is -1.62. The number of hydrogen-bond donors (Lipinski definition) is 1. The van der Waals surface area contributed by atoms with Gasteiger partial charge in [-0.15, -0.1) is 0 Å². The molecule has 1 aliphatic heterocycles. The van der Waals surface area contributed by atoms with E-state index in [0.29, 0.717) is 0 Å². The highest BCUT2D eigenvalue weighted by Crippen LogP contribution is 2.32. The van der Waals surface area contributed by atoms with Crippen LogP contribution in [0, 0.1) is 5.92 Å². The van der Waals surface area contributed by atoms with E-state index in [0.717, 1.165) is 62.4 Å². The van der Waals surface area contributed by atoms with Gasteiger partial charge in [-0.25, -0.2) is 4.98 Å². The summed E-state index contributed by atoms with van der Waals surface area (Å²) in [6.45, 7) is 6.98. The van der Waals surface area contributed by atoms with Gasteiger partial charge in [-0.2, -0.15) is 0 Å². The topological polar surface area (TPSA) is 45.2 Å². The molecule has 1 N–H and O–H groups in total. The molecule has 3 rings (SSSR count). The average molecular weight is 346 g/mol.